The zero-order valence-electron chi connectivity index (χ0n) is 12.4. The van der Waals surface area contributed by atoms with Gasteiger partial charge in [0.25, 0.3) is 0 Å². The molecule has 0 aromatic carbocycles. The zero-order valence-corrected chi connectivity index (χ0v) is 13.2. The molecule has 1 fully saturated rings. The third-order valence-electron chi connectivity index (χ3n) is 4.13. The number of hydrogen-bond donors (Lipinski definition) is 2. The van der Waals surface area contributed by atoms with Gasteiger partial charge in [-0.15, -0.1) is 11.3 Å². The molecule has 1 aromatic heterocycles. The van der Waals surface area contributed by atoms with E-state index in [2.05, 4.69) is 29.8 Å². The highest BCUT2D eigenvalue weighted by atomic mass is 32.1. The van der Waals surface area contributed by atoms with E-state index in [-0.39, 0.29) is 0 Å². The Bertz CT molecular complexity index is 355. The molecule has 3 unspecified atom stereocenters. The van der Waals surface area contributed by atoms with Crippen LogP contribution in [0, 0.1) is 5.92 Å². The molecule has 1 aromatic rings. The monoisotopic (exact) mass is 297 g/mol. The van der Waals surface area contributed by atoms with Gasteiger partial charge in [-0.1, -0.05) is 32.3 Å². The molecule has 20 heavy (non-hydrogen) atoms. The third kappa shape index (κ3) is 5.17. The lowest BCUT2D eigenvalue weighted by Crippen LogP contribution is -2.34. The Labute approximate surface area is 126 Å². The average Bonchev–Trinajstić information content (AvgIpc) is 2.98. The molecule has 3 nitrogen and oxygen atoms in total. The summed E-state index contributed by atoms with van der Waals surface area (Å²) in [4.78, 5) is 1.30. The quantitative estimate of drug-likeness (QED) is 0.774. The molecule has 0 spiro atoms. The van der Waals surface area contributed by atoms with Gasteiger partial charge in [-0.2, -0.15) is 0 Å². The number of aliphatic hydroxyl groups is 1. The Morgan fingerprint density at radius 2 is 2.30 bits per heavy atom. The molecule has 2 rings (SSSR count). The Morgan fingerprint density at radius 1 is 1.45 bits per heavy atom. The maximum absolute atomic E-state index is 9.98. The van der Waals surface area contributed by atoms with Crippen LogP contribution < -0.4 is 5.32 Å². The molecule has 0 amide bonds. The van der Waals surface area contributed by atoms with Crippen LogP contribution in [0.1, 0.15) is 43.9 Å². The highest BCUT2D eigenvalue weighted by Gasteiger charge is 2.24. The van der Waals surface area contributed by atoms with Gasteiger partial charge in [-0.3, -0.25) is 0 Å². The maximum Gasteiger partial charge on any atom is 0.0897 e. The van der Waals surface area contributed by atoms with Crippen LogP contribution in [-0.2, 0) is 11.3 Å². The molecule has 1 aliphatic rings. The minimum Gasteiger partial charge on any atom is -0.389 e. The first-order valence-electron chi connectivity index (χ1n) is 7.82. The SMILES string of the molecule is CCC1CCCCC1OCC(O)CNCc1cccs1. The van der Waals surface area contributed by atoms with E-state index in [1.165, 1.54) is 30.6 Å². The fourth-order valence-corrected chi connectivity index (χ4v) is 3.60. The summed E-state index contributed by atoms with van der Waals surface area (Å²) in [5.41, 5.74) is 0. The number of ether oxygens (including phenoxy) is 1. The molecule has 4 heteroatoms. The van der Waals surface area contributed by atoms with Gasteiger partial charge in [-0.25, -0.2) is 0 Å². The minimum atomic E-state index is -0.408. The predicted octanol–water partition coefficient (Wildman–Crippen LogP) is 3.18. The maximum atomic E-state index is 9.98. The van der Waals surface area contributed by atoms with Crippen molar-refractivity contribution in [3.63, 3.8) is 0 Å². The standard InChI is InChI=1S/C16H27NO2S/c1-2-13-6-3-4-8-16(13)19-12-14(18)10-17-11-15-7-5-9-20-15/h5,7,9,13-14,16-18H,2-4,6,8,10-12H2,1H3. The Hall–Kier alpha value is -0.420. The summed E-state index contributed by atoms with van der Waals surface area (Å²) in [6.07, 6.45) is 6.20. The molecule has 2 N–H and O–H groups in total. The number of hydrogen-bond acceptors (Lipinski definition) is 4. The van der Waals surface area contributed by atoms with Gasteiger partial charge >= 0.3 is 0 Å². The summed E-state index contributed by atoms with van der Waals surface area (Å²) in [7, 11) is 0. The van der Waals surface area contributed by atoms with Crippen molar-refractivity contribution in [1.29, 1.82) is 0 Å². The molecule has 1 aliphatic carbocycles. The van der Waals surface area contributed by atoms with Crippen LogP contribution in [0.5, 0.6) is 0 Å². The van der Waals surface area contributed by atoms with E-state index in [0.717, 1.165) is 13.0 Å². The summed E-state index contributed by atoms with van der Waals surface area (Å²) in [6.45, 7) is 4.13. The summed E-state index contributed by atoms with van der Waals surface area (Å²) in [5.74, 6) is 0.690. The molecule has 1 heterocycles. The lowest BCUT2D eigenvalue weighted by Gasteiger charge is -2.31. The first kappa shape index (κ1) is 16.0. The van der Waals surface area contributed by atoms with Crippen LogP contribution in [-0.4, -0.2) is 30.5 Å². The molecule has 114 valence electrons. The van der Waals surface area contributed by atoms with Crippen LogP contribution in [0.4, 0.5) is 0 Å². The lowest BCUT2D eigenvalue weighted by molar-refractivity contribution is -0.0499. The van der Waals surface area contributed by atoms with Gasteiger partial charge in [-0.05, 0) is 30.2 Å². The Kier molecular flexibility index (Phi) is 7.00. The number of rotatable bonds is 8. The van der Waals surface area contributed by atoms with Crippen molar-refractivity contribution in [2.45, 2.75) is 57.8 Å². The second-order valence-corrected chi connectivity index (χ2v) is 6.72. The fraction of sp³-hybridized carbons (Fsp3) is 0.750. The van der Waals surface area contributed by atoms with E-state index in [4.69, 9.17) is 4.74 Å². The van der Waals surface area contributed by atoms with Gasteiger partial charge in [0.2, 0.25) is 0 Å². The van der Waals surface area contributed by atoms with E-state index in [1.54, 1.807) is 11.3 Å². The second kappa shape index (κ2) is 8.78. The van der Waals surface area contributed by atoms with Gasteiger partial charge in [0.15, 0.2) is 0 Å². The molecular weight excluding hydrogens is 270 g/mol. The van der Waals surface area contributed by atoms with Gasteiger partial charge < -0.3 is 15.2 Å². The van der Waals surface area contributed by atoms with Gasteiger partial charge in [0, 0.05) is 18.0 Å². The van der Waals surface area contributed by atoms with Crippen LogP contribution in [0.25, 0.3) is 0 Å². The zero-order chi connectivity index (χ0) is 14.2. The summed E-state index contributed by atoms with van der Waals surface area (Å²) >= 11 is 1.74. The molecule has 0 radical (unpaired) electrons. The highest BCUT2D eigenvalue weighted by Crippen LogP contribution is 2.29. The Balaban J connectivity index is 1.60. The van der Waals surface area contributed by atoms with Crippen LogP contribution in [0.15, 0.2) is 17.5 Å². The van der Waals surface area contributed by atoms with Crippen LogP contribution in [0.3, 0.4) is 0 Å². The van der Waals surface area contributed by atoms with Crippen LogP contribution in [0.2, 0.25) is 0 Å². The van der Waals surface area contributed by atoms with Crippen molar-refractivity contribution in [3.05, 3.63) is 22.4 Å². The van der Waals surface area contributed by atoms with Gasteiger partial charge in [0.1, 0.15) is 0 Å². The molecule has 0 bridgehead atoms. The normalized spacial score (nSPS) is 24.7. The second-order valence-electron chi connectivity index (χ2n) is 5.69. The Morgan fingerprint density at radius 3 is 3.05 bits per heavy atom. The summed E-state index contributed by atoms with van der Waals surface area (Å²) in [6, 6.07) is 4.16. The average molecular weight is 297 g/mol. The van der Waals surface area contributed by atoms with Crippen molar-refractivity contribution in [3.8, 4) is 0 Å². The van der Waals surface area contributed by atoms with E-state index >= 15 is 0 Å². The largest absolute Gasteiger partial charge is 0.389 e. The van der Waals surface area contributed by atoms with Crippen LogP contribution >= 0.6 is 11.3 Å². The van der Waals surface area contributed by atoms with E-state index in [9.17, 15) is 5.11 Å². The smallest absolute Gasteiger partial charge is 0.0897 e. The number of aliphatic hydroxyl groups excluding tert-OH is 1. The number of nitrogens with one attached hydrogen (secondary N) is 1. The predicted molar refractivity (Wildman–Crippen MR) is 84.0 cm³/mol. The molecule has 3 atom stereocenters. The molecule has 1 saturated carbocycles. The lowest BCUT2D eigenvalue weighted by atomic mass is 9.85. The van der Waals surface area contributed by atoms with Crippen molar-refractivity contribution in [2.75, 3.05) is 13.2 Å². The number of thiophene rings is 1. The third-order valence-corrected chi connectivity index (χ3v) is 5.00. The van der Waals surface area contributed by atoms with Gasteiger partial charge in [0.05, 0.1) is 18.8 Å². The van der Waals surface area contributed by atoms with Crippen molar-refractivity contribution in [1.82, 2.24) is 5.32 Å². The highest BCUT2D eigenvalue weighted by molar-refractivity contribution is 7.09. The van der Waals surface area contributed by atoms with E-state index in [0.29, 0.717) is 25.2 Å². The van der Waals surface area contributed by atoms with Crippen molar-refractivity contribution in [2.24, 2.45) is 5.92 Å². The molecule has 0 saturated heterocycles. The first-order chi connectivity index (χ1) is 9.79. The first-order valence-corrected chi connectivity index (χ1v) is 8.70. The van der Waals surface area contributed by atoms with Crippen molar-refractivity contribution >= 4 is 11.3 Å². The topological polar surface area (TPSA) is 41.5 Å². The summed E-state index contributed by atoms with van der Waals surface area (Å²) in [5, 5.41) is 15.3. The molecule has 0 aliphatic heterocycles. The fourth-order valence-electron chi connectivity index (χ4n) is 2.93. The van der Waals surface area contributed by atoms with Crippen molar-refractivity contribution < 1.29 is 9.84 Å². The minimum absolute atomic E-state index is 0.362. The van der Waals surface area contributed by atoms with E-state index < -0.39 is 6.10 Å². The molecular formula is C16H27NO2S. The van der Waals surface area contributed by atoms with E-state index in [1.807, 2.05) is 0 Å². The summed E-state index contributed by atoms with van der Waals surface area (Å²) < 4.78 is 5.95.